The molecule has 4 aliphatic carbocycles. The summed E-state index contributed by atoms with van der Waals surface area (Å²) in [6.45, 7) is 3.53. The SMILES string of the molecule is CC(CCN(C)C)NC(=O)c1ccc(CNC(=O)C23CC4CC(CC(C4)C2)C3)cc1. The summed E-state index contributed by atoms with van der Waals surface area (Å²) in [6, 6.07) is 7.78. The van der Waals surface area contributed by atoms with Gasteiger partial charge in [-0.2, -0.15) is 0 Å². The molecule has 5 nitrogen and oxygen atoms in total. The van der Waals surface area contributed by atoms with Gasteiger partial charge in [0.2, 0.25) is 5.91 Å². The highest BCUT2D eigenvalue weighted by Gasteiger charge is 2.54. The lowest BCUT2D eigenvalue weighted by atomic mass is 9.49. The number of hydrogen-bond donors (Lipinski definition) is 2. The van der Waals surface area contributed by atoms with Gasteiger partial charge in [-0.15, -0.1) is 0 Å². The van der Waals surface area contributed by atoms with Gasteiger partial charge in [-0.1, -0.05) is 12.1 Å². The Balaban J connectivity index is 1.28. The summed E-state index contributed by atoms with van der Waals surface area (Å²) in [7, 11) is 4.07. The van der Waals surface area contributed by atoms with E-state index in [0.29, 0.717) is 12.1 Å². The van der Waals surface area contributed by atoms with E-state index in [1.807, 2.05) is 45.3 Å². The topological polar surface area (TPSA) is 61.4 Å². The van der Waals surface area contributed by atoms with E-state index in [4.69, 9.17) is 0 Å². The van der Waals surface area contributed by atoms with Crippen molar-refractivity contribution in [2.75, 3.05) is 20.6 Å². The van der Waals surface area contributed by atoms with Crippen LogP contribution in [0.2, 0.25) is 0 Å². The molecule has 0 aromatic heterocycles. The van der Waals surface area contributed by atoms with Crippen molar-refractivity contribution in [3.8, 4) is 0 Å². The van der Waals surface area contributed by atoms with Crippen LogP contribution in [0.4, 0.5) is 0 Å². The molecule has 5 heteroatoms. The van der Waals surface area contributed by atoms with E-state index in [1.54, 1.807) is 0 Å². The smallest absolute Gasteiger partial charge is 0.251 e. The molecule has 1 atom stereocenters. The number of carbonyl (C=O) groups excluding carboxylic acids is 2. The molecule has 1 aromatic rings. The molecule has 5 rings (SSSR count). The summed E-state index contributed by atoms with van der Waals surface area (Å²) in [5.74, 6) is 2.56. The third kappa shape index (κ3) is 4.72. The minimum atomic E-state index is -0.0999. The summed E-state index contributed by atoms with van der Waals surface area (Å²) in [5, 5.41) is 6.28. The molecular weight excluding hydrogens is 374 g/mol. The Kier molecular flexibility index (Phi) is 6.19. The molecular formula is C25H37N3O2. The Labute approximate surface area is 181 Å². The number of nitrogens with zero attached hydrogens (tertiary/aromatic N) is 1. The number of amides is 2. The fourth-order valence-electron chi connectivity index (χ4n) is 6.36. The summed E-state index contributed by atoms with van der Waals surface area (Å²) in [6.07, 6.45) is 8.26. The molecule has 0 saturated heterocycles. The summed E-state index contributed by atoms with van der Waals surface area (Å²) in [4.78, 5) is 27.7. The molecule has 0 radical (unpaired) electrons. The predicted molar refractivity (Wildman–Crippen MR) is 119 cm³/mol. The largest absolute Gasteiger partial charge is 0.352 e. The van der Waals surface area contributed by atoms with Gasteiger partial charge >= 0.3 is 0 Å². The van der Waals surface area contributed by atoms with Gasteiger partial charge in [-0.3, -0.25) is 9.59 Å². The van der Waals surface area contributed by atoms with Gasteiger partial charge in [0.1, 0.15) is 0 Å². The maximum Gasteiger partial charge on any atom is 0.251 e. The van der Waals surface area contributed by atoms with Gasteiger partial charge in [0, 0.05) is 23.6 Å². The Morgan fingerprint density at radius 3 is 2.13 bits per heavy atom. The van der Waals surface area contributed by atoms with Crippen LogP contribution < -0.4 is 10.6 Å². The van der Waals surface area contributed by atoms with Crippen molar-refractivity contribution in [3.05, 3.63) is 35.4 Å². The van der Waals surface area contributed by atoms with Crippen molar-refractivity contribution < 1.29 is 9.59 Å². The second-order valence-corrected chi connectivity index (χ2v) is 10.5. The number of benzene rings is 1. The second kappa shape index (κ2) is 8.70. The first-order valence-corrected chi connectivity index (χ1v) is 11.7. The predicted octanol–water partition coefficient (Wildman–Crippen LogP) is 3.59. The Morgan fingerprint density at radius 2 is 1.60 bits per heavy atom. The highest BCUT2D eigenvalue weighted by Crippen LogP contribution is 2.60. The van der Waals surface area contributed by atoms with Crippen molar-refractivity contribution in [1.82, 2.24) is 15.5 Å². The van der Waals surface area contributed by atoms with Gasteiger partial charge in [0.15, 0.2) is 0 Å². The summed E-state index contributed by atoms with van der Waals surface area (Å²) < 4.78 is 0. The number of hydrogen-bond acceptors (Lipinski definition) is 3. The standard InChI is InChI=1S/C25H37N3O2/c1-17(8-9-28(2)3)27-23(29)22-6-4-18(5-7-22)16-26-24(30)25-13-19-10-20(14-25)12-21(11-19)15-25/h4-7,17,19-21H,8-16H2,1-3H3,(H,26,30)(H,27,29). The van der Waals surface area contributed by atoms with Crippen LogP contribution >= 0.6 is 0 Å². The lowest BCUT2D eigenvalue weighted by Crippen LogP contribution is -2.53. The maximum atomic E-state index is 13.1. The number of rotatable bonds is 8. The van der Waals surface area contributed by atoms with E-state index < -0.39 is 0 Å². The number of nitrogens with one attached hydrogen (secondary N) is 2. The van der Waals surface area contributed by atoms with Crippen molar-refractivity contribution >= 4 is 11.8 Å². The maximum absolute atomic E-state index is 13.1. The van der Waals surface area contributed by atoms with Gasteiger partial charge < -0.3 is 15.5 Å². The molecule has 4 bridgehead atoms. The zero-order chi connectivity index (χ0) is 21.3. The quantitative estimate of drug-likeness (QED) is 0.687. The molecule has 1 unspecified atom stereocenters. The van der Waals surface area contributed by atoms with E-state index in [1.165, 1.54) is 19.3 Å². The molecule has 4 fully saturated rings. The van der Waals surface area contributed by atoms with Crippen molar-refractivity contribution in [3.63, 3.8) is 0 Å². The van der Waals surface area contributed by atoms with E-state index in [0.717, 1.165) is 55.5 Å². The average molecular weight is 412 g/mol. The van der Waals surface area contributed by atoms with Crippen LogP contribution in [-0.4, -0.2) is 43.4 Å². The zero-order valence-corrected chi connectivity index (χ0v) is 18.7. The Bertz CT molecular complexity index is 736. The Hall–Kier alpha value is -1.88. The van der Waals surface area contributed by atoms with Crippen LogP contribution in [-0.2, 0) is 11.3 Å². The van der Waals surface area contributed by atoms with Gasteiger partial charge in [-0.05, 0) is 108 Å². The molecule has 30 heavy (non-hydrogen) atoms. The average Bonchev–Trinajstić information content (AvgIpc) is 2.69. The summed E-state index contributed by atoms with van der Waals surface area (Å²) >= 11 is 0. The third-order valence-corrected chi connectivity index (χ3v) is 7.58. The minimum Gasteiger partial charge on any atom is -0.352 e. The first kappa shape index (κ1) is 21.4. The lowest BCUT2D eigenvalue weighted by molar-refractivity contribution is -0.146. The van der Waals surface area contributed by atoms with Crippen LogP contribution in [0.5, 0.6) is 0 Å². The minimum absolute atomic E-state index is 0.0367. The van der Waals surface area contributed by atoms with Crippen molar-refractivity contribution in [1.29, 1.82) is 0 Å². The molecule has 2 amide bonds. The van der Waals surface area contributed by atoms with Crippen LogP contribution in [0, 0.1) is 23.2 Å². The van der Waals surface area contributed by atoms with Crippen LogP contribution in [0.15, 0.2) is 24.3 Å². The highest BCUT2D eigenvalue weighted by molar-refractivity contribution is 5.94. The molecule has 4 saturated carbocycles. The van der Waals surface area contributed by atoms with Crippen LogP contribution in [0.1, 0.15) is 67.8 Å². The van der Waals surface area contributed by atoms with Crippen LogP contribution in [0.3, 0.4) is 0 Å². The first-order chi connectivity index (χ1) is 14.3. The lowest BCUT2D eigenvalue weighted by Gasteiger charge is -2.55. The highest BCUT2D eigenvalue weighted by atomic mass is 16.2. The van der Waals surface area contributed by atoms with Gasteiger partial charge in [0.05, 0.1) is 0 Å². The van der Waals surface area contributed by atoms with Crippen LogP contribution in [0.25, 0.3) is 0 Å². The fraction of sp³-hybridized carbons (Fsp3) is 0.680. The normalized spacial score (nSPS) is 30.3. The van der Waals surface area contributed by atoms with Gasteiger partial charge in [0.25, 0.3) is 5.91 Å². The molecule has 0 aliphatic heterocycles. The first-order valence-electron chi connectivity index (χ1n) is 11.7. The molecule has 2 N–H and O–H groups in total. The van der Waals surface area contributed by atoms with E-state index >= 15 is 0 Å². The summed E-state index contributed by atoms with van der Waals surface area (Å²) in [5.41, 5.74) is 1.62. The molecule has 0 heterocycles. The van der Waals surface area contributed by atoms with E-state index in [-0.39, 0.29) is 23.3 Å². The molecule has 0 spiro atoms. The fourth-order valence-corrected chi connectivity index (χ4v) is 6.36. The van der Waals surface area contributed by atoms with E-state index in [9.17, 15) is 9.59 Å². The third-order valence-electron chi connectivity index (χ3n) is 7.58. The van der Waals surface area contributed by atoms with Crippen molar-refractivity contribution in [2.24, 2.45) is 23.2 Å². The molecule has 1 aromatic carbocycles. The van der Waals surface area contributed by atoms with Crippen molar-refractivity contribution in [2.45, 2.75) is 64.5 Å². The number of carbonyl (C=O) groups is 2. The van der Waals surface area contributed by atoms with E-state index in [2.05, 4.69) is 15.5 Å². The zero-order valence-electron chi connectivity index (χ0n) is 18.7. The Morgan fingerprint density at radius 1 is 1.03 bits per heavy atom. The second-order valence-electron chi connectivity index (χ2n) is 10.5. The molecule has 164 valence electrons. The monoisotopic (exact) mass is 411 g/mol. The molecule has 4 aliphatic rings. The van der Waals surface area contributed by atoms with Gasteiger partial charge in [-0.25, -0.2) is 0 Å².